The molecule has 1 aliphatic rings. The number of nitrogens with one attached hydrogen (secondary N) is 3. The number of hydrogen-bond donors (Lipinski definition) is 3. The van der Waals surface area contributed by atoms with Gasteiger partial charge in [-0.1, -0.05) is 23.7 Å². The van der Waals surface area contributed by atoms with E-state index in [1.165, 1.54) is 5.56 Å². The van der Waals surface area contributed by atoms with Crippen molar-refractivity contribution in [3.05, 3.63) is 75.7 Å². The monoisotopic (exact) mass is 381 g/mol. The van der Waals surface area contributed by atoms with Crippen LogP contribution in [0.4, 0.5) is 5.69 Å². The van der Waals surface area contributed by atoms with Crippen LogP contribution < -0.4 is 16.2 Å². The minimum absolute atomic E-state index is 0.0367. The van der Waals surface area contributed by atoms with Gasteiger partial charge in [0.05, 0.1) is 0 Å². The fourth-order valence-electron chi connectivity index (χ4n) is 3.87. The van der Waals surface area contributed by atoms with Gasteiger partial charge < -0.3 is 15.6 Å². The molecule has 1 aliphatic carbocycles. The Labute approximate surface area is 164 Å². The maximum atomic E-state index is 11.8. The number of aromatic nitrogens is 1. The average Bonchev–Trinajstić information content (AvgIpc) is 2.68. The van der Waals surface area contributed by atoms with Crippen LogP contribution in [0.15, 0.2) is 59.5 Å². The first-order chi connectivity index (χ1) is 13.2. The summed E-state index contributed by atoms with van der Waals surface area (Å²) in [5, 5.41) is 9.79. The third kappa shape index (κ3) is 4.52. The van der Waals surface area contributed by atoms with Gasteiger partial charge in [0.2, 0.25) is 0 Å². The van der Waals surface area contributed by atoms with Crippen molar-refractivity contribution in [3.63, 3.8) is 0 Å². The van der Waals surface area contributed by atoms with E-state index in [1.807, 2.05) is 36.4 Å². The van der Waals surface area contributed by atoms with Gasteiger partial charge in [-0.05, 0) is 73.0 Å². The predicted octanol–water partition coefficient (Wildman–Crippen LogP) is 4.69. The Hall–Kier alpha value is -2.30. The van der Waals surface area contributed by atoms with Crippen LogP contribution in [0.3, 0.4) is 0 Å². The lowest BCUT2D eigenvalue weighted by atomic mass is 9.90. The minimum atomic E-state index is -0.0367. The quantitative estimate of drug-likeness (QED) is 0.600. The van der Waals surface area contributed by atoms with Crippen LogP contribution in [0, 0.1) is 0 Å². The van der Waals surface area contributed by atoms with Gasteiger partial charge in [0.15, 0.2) is 0 Å². The standard InChI is InChI=1S/C22H24ClN3O/c23-17-3-1-2-15(12-17)14-25-18-4-6-19(7-5-18)26-20-8-9-21-16(13-20)10-11-24-22(21)27/h1-3,8-13,18-19,25-26H,4-7,14H2,(H,24,27). The molecule has 0 saturated heterocycles. The second-order valence-electron chi connectivity index (χ2n) is 7.31. The van der Waals surface area contributed by atoms with E-state index in [1.54, 1.807) is 6.20 Å². The first-order valence-electron chi connectivity index (χ1n) is 9.53. The van der Waals surface area contributed by atoms with E-state index < -0.39 is 0 Å². The molecule has 0 atom stereocenters. The molecule has 0 amide bonds. The molecule has 27 heavy (non-hydrogen) atoms. The third-order valence-electron chi connectivity index (χ3n) is 5.36. The molecular weight excluding hydrogens is 358 g/mol. The van der Waals surface area contributed by atoms with Gasteiger partial charge in [-0.15, -0.1) is 0 Å². The van der Waals surface area contributed by atoms with Crippen LogP contribution >= 0.6 is 11.6 Å². The van der Waals surface area contributed by atoms with Gasteiger partial charge in [-0.2, -0.15) is 0 Å². The van der Waals surface area contributed by atoms with E-state index in [4.69, 9.17) is 11.6 Å². The Morgan fingerprint density at radius 1 is 1.00 bits per heavy atom. The molecule has 4 rings (SSSR count). The van der Waals surface area contributed by atoms with Crippen molar-refractivity contribution in [1.82, 2.24) is 10.3 Å². The Kier molecular flexibility index (Phi) is 5.46. The van der Waals surface area contributed by atoms with Crippen molar-refractivity contribution >= 4 is 28.1 Å². The largest absolute Gasteiger partial charge is 0.382 e. The van der Waals surface area contributed by atoms with Gasteiger partial charge in [0.25, 0.3) is 5.56 Å². The number of halogens is 1. The van der Waals surface area contributed by atoms with Crippen LogP contribution in [-0.2, 0) is 6.54 Å². The van der Waals surface area contributed by atoms with Gasteiger partial charge in [0.1, 0.15) is 0 Å². The molecule has 3 N–H and O–H groups in total. The number of hydrogen-bond acceptors (Lipinski definition) is 3. The number of rotatable bonds is 5. The van der Waals surface area contributed by atoms with Crippen molar-refractivity contribution in [2.75, 3.05) is 5.32 Å². The third-order valence-corrected chi connectivity index (χ3v) is 5.59. The fraction of sp³-hybridized carbons (Fsp3) is 0.318. The van der Waals surface area contributed by atoms with Gasteiger partial charge >= 0.3 is 0 Å². The number of aromatic amines is 1. The molecule has 4 nitrogen and oxygen atoms in total. The van der Waals surface area contributed by atoms with Crippen LogP contribution in [0.1, 0.15) is 31.2 Å². The first kappa shape index (κ1) is 18.1. The molecule has 1 aromatic heterocycles. The maximum Gasteiger partial charge on any atom is 0.255 e. The predicted molar refractivity (Wildman–Crippen MR) is 113 cm³/mol. The van der Waals surface area contributed by atoms with E-state index in [9.17, 15) is 4.79 Å². The van der Waals surface area contributed by atoms with Gasteiger partial charge in [-0.3, -0.25) is 4.79 Å². The number of benzene rings is 2. The van der Waals surface area contributed by atoms with Crippen molar-refractivity contribution in [3.8, 4) is 0 Å². The van der Waals surface area contributed by atoms with Crippen LogP contribution in [0.2, 0.25) is 5.02 Å². The number of anilines is 1. The van der Waals surface area contributed by atoms with Gasteiger partial charge in [0, 0.05) is 40.9 Å². The SMILES string of the molecule is O=c1[nH]ccc2cc(NC3CCC(NCc4cccc(Cl)c4)CC3)ccc12. The average molecular weight is 382 g/mol. The Balaban J connectivity index is 1.30. The van der Waals surface area contributed by atoms with Crippen LogP contribution in [0.5, 0.6) is 0 Å². The Morgan fingerprint density at radius 3 is 2.63 bits per heavy atom. The summed E-state index contributed by atoms with van der Waals surface area (Å²) in [6, 6.07) is 17.0. The van der Waals surface area contributed by atoms with Crippen molar-refractivity contribution in [1.29, 1.82) is 0 Å². The summed E-state index contributed by atoms with van der Waals surface area (Å²) in [5.74, 6) is 0. The topological polar surface area (TPSA) is 56.9 Å². The summed E-state index contributed by atoms with van der Waals surface area (Å²) < 4.78 is 0. The smallest absolute Gasteiger partial charge is 0.255 e. The number of pyridine rings is 1. The molecule has 1 saturated carbocycles. The van der Waals surface area contributed by atoms with Crippen molar-refractivity contribution in [2.45, 2.75) is 44.3 Å². The van der Waals surface area contributed by atoms with Crippen LogP contribution in [-0.4, -0.2) is 17.1 Å². The summed E-state index contributed by atoms with van der Waals surface area (Å²) in [6.45, 7) is 0.864. The zero-order chi connectivity index (χ0) is 18.6. The van der Waals surface area contributed by atoms with Crippen molar-refractivity contribution < 1.29 is 0 Å². The molecule has 0 radical (unpaired) electrons. The highest BCUT2D eigenvalue weighted by atomic mass is 35.5. The van der Waals surface area contributed by atoms with Gasteiger partial charge in [-0.25, -0.2) is 0 Å². The maximum absolute atomic E-state index is 11.8. The highest BCUT2D eigenvalue weighted by Crippen LogP contribution is 2.24. The lowest BCUT2D eigenvalue weighted by Crippen LogP contribution is -2.36. The van der Waals surface area contributed by atoms with E-state index in [0.717, 1.165) is 53.7 Å². The molecule has 0 bridgehead atoms. The molecule has 2 aromatic carbocycles. The molecule has 1 fully saturated rings. The molecule has 3 aromatic rings. The molecule has 5 heteroatoms. The van der Waals surface area contributed by atoms with E-state index in [2.05, 4.69) is 27.8 Å². The normalized spacial score (nSPS) is 19.9. The second-order valence-corrected chi connectivity index (χ2v) is 7.75. The zero-order valence-corrected chi connectivity index (χ0v) is 15.9. The molecule has 1 heterocycles. The number of fused-ring (bicyclic) bond motifs is 1. The lowest BCUT2D eigenvalue weighted by molar-refractivity contribution is 0.353. The molecule has 0 unspecified atom stereocenters. The summed E-state index contributed by atoms with van der Waals surface area (Å²) in [7, 11) is 0. The van der Waals surface area contributed by atoms with E-state index in [0.29, 0.717) is 12.1 Å². The summed E-state index contributed by atoms with van der Waals surface area (Å²) in [4.78, 5) is 14.5. The summed E-state index contributed by atoms with van der Waals surface area (Å²) >= 11 is 6.05. The number of H-pyrrole nitrogens is 1. The van der Waals surface area contributed by atoms with E-state index >= 15 is 0 Å². The Morgan fingerprint density at radius 2 is 1.81 bits per heavy atom. The Bertz CT molecular complexity index is 976. The zero-order valence-electron chi connectivity index (χ0n) is 15.2. The second kappa shape index (κ2) is 8.15. The molecular formula is C22H24ClN3O. The highest BCUT2D eigenvalue weighted by molar-refractivity contribution is 6.30. The van der Waals surface area contributed by atoms with Crippen LogP contribution in [0.25, 0.3) is 10.8 Å². The molecule has 140 valence electrons. The van der Waals surface area contributed by atoms with Crippen molar-refractivity contribution in [2.24, 2.45) is 0 Å². The van der Waals surface area contributed by atoms with E-state index in [-0.39, 0.29) is 5.56 Å². The first-order valence-corrected chi connectivity index (χ1v) is 9.91. The highest BCUT2D eigenvalue weighted by Gasteiger charge is 2.20. The molecule has 0 aliphatic heterocycles. The fourth-order valence-corrected chi connectivity index (χ4v) is 4.08. The minimum Gasteiger partial charge on any atom is -0.382 e. The lowest BCUT2D eigenvalue weighted by Gasteiger charge is -2.30. The summed E-state index contributed by atoms with van der Waals surface area (Å²) in [5.41, 5.74) is 2.28. The summed E-state index contributed by atoms with van der Waals surface area (Å²) in [6.07, 6.45) is 6.30. The molecule has 0 spiro atoms.